The molecule has 1 aromatic rings. The monoisotopic (exact) mass is 331 g/mol. The number of aliphatic carboxylic acids is 1. The Morgan fingerprint density at radius 3 is 3.00 bits per heavy atom. The highest BCUT2D eigenvalue weighted by molar-refractivity contribution is 6.31. The molecule has 1 heterocycles. The molecule has 1 saturated heterocycles. The Kier molecular flexibility index (Phi) is 5.70. The standard InChI is InChI=1S/C14H15ClFNO5/c15-9-3-1-2-8(13(9)16)14(20)17-10-6-21-5-4-11(10)22-7-12(18)19/h1-3,10-11H,4-7H2,(H,17,20)(H,18,19)/t10-,11+/m0/s1. The summed E-state index contributed by atoms with van der Waals surface area (Å²) in [6, 6.07) is 3.57. The van der Waals surface area contributed by atoms with E-state index in [1.54, 1.807) is 0 Å². The van der Waals surface area contributed by atoms with Crippen LogP contribution in [0.15, 0.2) is 18.2 Å². The zero-order valence-electron chi connectivity index (χ0n) is 11.6. The van der Waals surface area contributed by atoms with Gasteiger partial charge in [-0.3, -0.25) is 4.79 Å². The van der Waals surface area contributed by atoms with Crippen LogP contribution in [0.1, 0.15) is 16.8 Å². The van der Waals surface area contributed by atoms with Crippen molar-refractivity contribution in [3.05, 3.63) is 34.6 Å². The van der Waals surface area contributed by atoms with Crippen molar-refractivity contribution < 1.29 is 28.6 Å². The van der Waals surface area contributed by atoms with Gasteiger partial charge in [-0.1, -0.05) is 17.7 Å². The van der Waals surface area contributed by atoms with Gasteiger partial charge in [0.25, 0.3) is 5.91 Å². The SMILES string of the molecule is O=C(O)CO[C@@H]1CCOC[C@@H]1NC(=O)c1cccc(Cl)c1F. The lowest BCUT2D eigenvalue weighted by Crippen LogP contribution is -2.51. The number of benzene rings is 1. The van der Waals surface area contributed by atoms with Crippen molar-refractivity contribution in [3.63, 3.8) is 0 Å². The topological polar surface area (TPSA) is 84.9 Å². The first-order valence-corrected chi connectivity index (χ1v) is 7.03. The number of carbonyl (C=O) groups excluding carboxylic acids is 1. The van der Waals surface area contributed by atoms with Gasteiger partial charge in [0.05, 0.1) is 29.3 Å². The average molecular weight is 332 g/mol. The minimum absolute atomic E-state index is 0.147. The fourth-order valence-corrected chi connectivity index (χ4v) is 2.33. The van der Waals surface area contributed by atoms with Crippen LogP contribution >= 0.6 is 11.6 Å². The molecule has 120 valence electrons. The van der Waals surface area contributed by atoms with Gasteiger partial charge in [0.1, 0.15) is 6.61 Å². The van der Waals surface area contributed by atoms with E-state index in [0.717, 1.165) is 0 Å². The van der Waals surface area contributed by atoms with Crippen molar-refractivity contribution in [2.45, 2.75) is 18.6 Å². The minimum Gasteiger partial charge on any atom is -0.480 e. The number of hydrogen-bond acceptors (Lipinski definition) is 4. The number of carboxylic acid groups (broad SMARTS) is 1. The Hall–Kier alpha value is -1.70. The molecule has 22 heavy (non-hydrogen) atoms. The van der Waals surface area contributed by atoms with Gasteiger partial charge < -0.3 is 19.9 Å². The van der Waals surface area contributed by atoms with Crippen molar-refractivity contribution in [1.29, 1.82) is 0 Å². The summed E-state index contributed by atoms with van der Waals surface area (Å²) in [5, 5.41) is 11.1. The summed E-state index contributed by atoms with van der Waals surface area (Å²) < 4.78 is 24.3. The average Bonchev–Trinajstić information content (AvgIpc) is 2.49. The van der Waals surface area contributed by atoms with Gasteiger partial charge in [-0.05, 0) is 18.6 Å². The van der Waals surface area contributed by atoms with E-state index in [-0.39, 0.29) is 17.2 Å². The molecular weight excluding hydrogens is 317 g/mol. The molecule has 1 aromatic carbocycles. The van der Waals surface area contributed by atoms with E-state index in [2.05, 4.69) is 5.32 Å². The summed E-state index contributed by atoms with van der Waals surface area (Å²) in [5.74, 6) is -2.56. The number of ether oxygens (including phenoxy) is 2. The number of hydrogen-bond donors (Lipinski definition) is 2. The van der Waals surface area contributed by atoms with Crippen molar-refractivity contribution >= 4 is 23.5 Å². The quantitative estimate of drug-likeness (QED) is 0.853. The third-order valence-corrected chi connectivity index (χ3v) is 3.52. The van der Waals surface area contributed by atoms with Crippen molar-refractivity contribution in [1.82, 2.24) is 5.32 Å². The van der Waals surface area contributed by atoms with Crippen LogP contribution in [0.3, 0.4) is 0 Å². The zero-order chi connectivity index (χ0) is 16.1. The molecule has 1 fully saturated rings. The predicted molar refractivity (Wildman–Crippen MR) is 75.5 cm³/mol. The normalized spacial score (nSPS) is 21.4. The third kappa shape index (κ3) is 4.16. The molecule has 8 heteroatoms. The third-order valence-electron chi connectivity index (χ3n) is 3.23. The van der Waals surface area contributed by atoms with E-state index in [1.807, 2.05) is 0 Å². The van der Waals surface area contributed by atoms with E-state index >= 15 is 0 Å². The van der Waals surface area contributed by atoms with Gasteiger partial charge in [-0.25, -0.2) is 9.18 Å². The van der Waals surface area contributed by atoms with Crippen LogP contribution in [0.5, 0.6) is 0 Å². The van der Waals surface area contributed by atoms with E-state index in [1.165, 1.54) is 18.2 Å². The molecule has 0 radical (unpaired) electrons. The lowest BCUT2D eigenvalue weighted by molar-refractivity contribution is -0.147. The van der Waals surface area contributed by atoms with Gasteiger partial charge in [0.15, 0.2) is 5.82 Å². The Bertz CT molecular complexity index is 568. The molecule has 0 unspecified atom stereocenters. The number of rotatable bonds is 5. The summed E-state index contributed by atoms with van der Waals surface area (Å²) in [7, 11) is 0. The first kappa shape index (κ1) is 16.7. The smallest absolute Gasteiger partial charge is 0.329 e. The maximum absolute atomic E-state index is 13.8. The molecule has 0 saturated carbocycles. The lowest BCUT2D eigenvalue weighted by atomic mass is 10.1. The van der Waals surface area contributed by atoms with Crippen LogP contribution in [0.4, 0.5) is 4.39 Å². The van der Waals surface area contributed by atoms with Crippen LogP contribution in [0.25, 0.3) is 0 Å². The molecule has 2 atom stereocenters. The first-order valence-electron chi connectivity index (χ1n) is 6.65. The Morgan fingerprint density at radius 2 is 2.27 bits per heavy atom. The number of carboxylic acids is 1. The molecule has 1 amide bonds. The summed E-state index contributed by atoms with van der Waals surface area (Å²) >= 11 is 5.64. The lowest BCUT2D eigenvalue weighted by Gasteiger charge is -2.31. The molecule has 0 spiro atoms. The van der Waals surface area contributed by atoms with Crippen LogP contribution in [0.2, 0.25) is 5.02 Å². The maximum atomic E-state index is 13.8. The van der Waals surface area contributed by atoms with Crippen molar-refractivity contribution in [3.8, 4) is 0 Å². The van der Waals surface area contributed by atoms with Crippen LogP contribution < -0.4 is 5.32 Å². The number of amides is 1. The number of nitrogens with one attached hydrogen (secondary N) is 1. The van der Waals surface area contributed by atoms with E-state index in [4.69, 9.17) is 26.2 Å². The van der Waals surface area contributed by atoms with Crippen molar-refractivity contribution in [2.24, 2.45) is 0 Å². The van der Waals surface area contributed by atoms with Gasteiger partial charge in [0, 0.05) is 6.61 Å². The first-order chi connectivity index (χ1) is 10.5. The molecular formula is C14H15ClFNO5. The molecule has 2 rings (SSSR count). The molecule has 0 aliphatic carbocycles. The highest BCUT2D eigenvalue weighted by Gasteiger charge is 2.29. The molecule has 0 bridgehead atoms. The van der Waals surface area contributed by atoms with Crippen molar-refractivity contribution in [2.75, 3.05) is 19.8 Å². The predicted octanol–water partition coefficient (Wildman–Crippen LogP) is 1.47. The highest BCUT2D eigenvalue weighted by Crippen LogP contribution is 2.19. The van der Waals surface area contributed by atoms with Gasteiger partial charge in [0.2, 0.25) is 0 Å². The minimum atomic E-state index is -1.10. The molecule has 1 aliphatic rings. The van der Waals surface area contributed by atoms with Gasteiger partial charge >= 0.3 is 5.97 Å². The van der Waals surface area contributed by atoms with Gasteiger partial charge in [-0.2, -0.15) is 0 Å². The van der Waals surface area contributed by atoms with Gasteiger partial charge in [-0.15, -0.1) is 0 Å². The van der Waals surface area contributed by atoms with Crippen LogP contribution in [-0.2, 0) is 14.3 Å². The molecule has 6 nitrogen and oxygen atoms in total. The fourth-order valence-electron chi connectivity index (χ4n) is 2.16. The largest absolute Gasteiger partial charge is 0.480 e. The van der Waals surface area contributed by atoms with E-state index in [9.17, 15) is 14.0 Å². The highest BCUT2D eigenvalue weighted by atomic mass is 35.5. The second-order valence-electron chi connectivity index (χ2n) is 4.79. The fraction of sp³-hybridized carbons (Fsp3) is 0.429. The summed E-state index contributed by atoms with van der Waals surface area (Å²) in [5.41, 5.74) is -0.185. The Labute approximate surface area is 131 Å². The molecule has 1 aliphatic heterocycles. The summed E-state index contributed by atoms with van der Waals surface area (Å²) in [4.78, 5) is 22.7. The van der Waals surface area contributed by atoms with E-state index < -0.39 is 36.4 Å². The number of halogens is 2. The Morgan fingerprint density at radius 1 is 1.50 bits per heavy atom. The summed E-state index contributed by atoms with van der Waals surface area (Å²) in [6.07, 6.45) is -0.0629. The zero-order valence-corrected chi connectivity index (χ0v) is 12.3. The number of carbonyl (C=O) groups is 2. The Balaban J connectivity index is 2.04. The van der Waals surface area contributed by atoms with Crippen LogP contribution in [0, 0.1) is 5.82 Å². The second-order valence-corrected chi connectivity index (χ2v) is 5.20. The molecule has 2 N–H and O–H groups in total. The van der Waals surface area contributed by atoms with Crippen LogP contribution in [-0.4, -0.2) is 48.9 Å². The van der Waals surface area contributed by atoms with E-state index in [0.29, 0.717) is 13.0 Å². The second kappa shape index (κ2) is 7.53. The maximum Gasteiger partial charge on any atom is 0.329 e. The molecule has 0 aromatic heterocycles. The summed E-state index contributed by atoms with van der Waals surface area (Å²) in [6.45, 7) is 0.100.